The second-order valence-corrected chi connectivity index (χ2v) is 8.55. The van der Waals surface area contributed by atoms with Crippen LogP contribution in [-0.4, -0.2) is 38.3 Å². The van der Waals surface area contributed by atoms with Crippen molar-refractivity contribution in [1.82, 2.24) is 4.31 Å². The van der Waals surface area contributed by atoms with E-state index in [-0.39, 0.29) is 29.2 Å². The van der Waals surface area contributed by atoms with E-state index in [1.54, 1.807) is 26.0 Å². The molecule has 0 fully saturated rings. The highest BCUT2D eigenvalue weighted by Crippen LogP contribution is 2.29. The molecular formula is C20H24ClFN2O4S. The molecule has 0 radical (unpaired) electrons. The first-order chi connectivity index (χ1) is 13.7. The number of nitrogens with zero attached hydrogens (tertiary/aromatic N) is 1. The van der Waals surface area contributed by atoms with Crippen molar-refractivity contribution >= 4 is 33.2 Å². The first-order valence-electron chi connectivity index (χ1n) is 9.27. The number of nitrogens with one attached hydrogen (secondary N) is 1. The number of carbonyl (C=O) groups is 1. The van der Waals surface area contributed by atoms with Crippen LogP contribution in [0.15, 0.2) is 41.3 Å². The van der Waals surface area contributed by atoms with Crippen LogP contribution in [0.4, 0.5) is 10.1 Å². The number of hydrogen-bond donors (Lipinski definition) is 1. The summed E-state index contributed by atoms with van der Waals surface area (Å²) in [6.45, 7) is 6.29. The summed E-state index contributed by atoms with van der Waals surface area (Å²) in [5.74, 6) is -1.25. The highest BCUT2D eigenvalue weighted by atomic mass is 35.5. The van der Waals surface area contributed by atoms with Crippen LogP contribution in [0.1, 0.15) is 37.6 Å². The van der Waals surface area contributed by atoms with E-state index in [0.29, 0.717) is 17.4 Å². The van der Waals surface area contributed by atoms with Crippen molar-refractivity contribution in [2.24, 2.45) is 0 Å². The Labute approximate surface area is 175 Å². The zero-order valence-electron chi connectivity index (χ0n) is 16.5. The van der Waals surface area contributed by atoms with E-state index in [2.05, 4.69) is 5.32 Å². The van der Waals surface area contributed by atoms with Crippen molar-refractivity contribution < 1.29 is 22.3 Å². The standard InChI is InChI=1S/C20H24ClFN2O4S/c1-4-11-28-19-10-7-14(21)12-18(19)23-20(25)16-13-15(8-9-17(16)22)29(26,27)24(5-2)6-3/h7-10,12-13H,4-6,11H2,1-3H3,(H,23,25). The van der Waals surface area contributed by atoms with E-state index >= 15 is 0 Å². The van der Waals surface area contributed by atoms with Crippen molar-refractivity contribution in [3.63, 3.8) is 0 Å². The lowest BCUT2D eigenvalue weighted by Gasteiger charge is -2.19. The lowest BCUT2D eigenvalue weighted by Crippen LogP contribution is -2.31. The van der Waals surface area contributed by atoms with E-state index in [0.717, 1.165) is 24.6 Å². The molecule has 6 nitrogen and oxygen atoms in total. The fourth-order valence-electron chi connectivity index (χ4n) is 2.68. The molecule has 0 aliphatic carbocycles. The molecule has 0 aromatic heterocycles. The number of amides is 1. The summed E-state index contributed by atoms with van der Waals surface area (Å²) in [6, 6.07) is 7.85. The number of halogens is 2. The topological polar surface area (TPSA) is 75.7 Å². The molecule has 1 amide bonds. The molecule has 0 atom stereocenters. The van der Waals surface area contributed by atoms with Crippen molar-refractivity contribution in [1.29, 1.82) is 0 Å². The predicted molar refractivity (Wildman–Crippen MR) is 112 cm³/mol. The average Bonchev–Trinajstić information content (AvgIpc) is 2.68. The number of hydrogen-bond acceptors (Lipinski definition) is 4. The summed E-state index contributed by atoms with van der Waals surface area (Å²) < 4.78 is 46.5. The molecule has 1 N–H and O–H groups in total. The van der Waals surface area contributed by atoms with Crippen LogP contribution in [-0.2, 0) is 10.0 Å². The van der Waals surface area contributed by atoms with Crippen molar-refractivity contribution in [3.8, 4) is 5.75 Å². The van der Waals surface area contributed by atoms with Gasteiger partial charge < -0.3 is 10.1 Å². The van der Waals surface area contributed by atoms with Crippen LogP contribution in [0.2, 0.25) is 5.02 Å². The smallest absolute Gasteiger partial charge is 0.258 e. The van der Waals surface area contributed by atoms with Crippen LogP contribution >= 0.6 is 11.6 Å². The van der Waals surface area contributed by atoms with Gasteiger partial charge in [0.1, 0.15) is 11.6 Å². The Morgan fingerprint density at radius 3 is 2.45 bits per heavy atom. The summed E-state index contributed by atoms with van der Waals surface area (Å²) >= 11 is 6.00. The molecule has 0 spiro atoms. The monoisotopic (exact) mass is 442 g/mol. The summed E-state index contributed by atoms with van der Waals surface area (Å²) in [5, 5.41) is 2.92. The Morgan fingerprint density at radius 1 is 1.14 bits per heavy atom. The molecule has 29 heavy (non-hydrogen) atoms. The fourth-order valence-corrected chi connectivity index (χ4v) is 4.34. The Hall–Kier alpha value is -2.16. The SMILES string of the molecule is CCCOc1ccc(Cl)cc1NC(=O)c1cc(S(=O)(=O)N(CC)CC)ccc1F. The molecule has 2 rings (SSSR count). The Bertz CT molecular complexity index is 978. The van der Waals surface area contributed by atoms with Crippen molar-refractivity contribution in [2.75, 3.05) is 25.0 Å². The fraction of sp³-hybridized carbons (Fsp3) is 0.350. The molecular weight excluding hydrogens is 419 g/mol. The minimum atomic E-state index is -3.83. The zero-order chi connectivity index (χ0) is 21.6. The van der Waals surface area contributed by atoms with Gasteiger partial charge in [-0.05, 0) is 42.8 Å². The van der Waals surface area contributed by atoms with E-state index < -0.39 is 21.7 Å². The van der Waals surface area contributed by atoms with Gasteiger partial charge >= 0.3 is 0 Å². The zero-order valence-corrected chi connectivity index (χ0v) is 18.1. The lowest BCUT2D eigenvalue weighted by molar-refractivity contribution is 0.102. The third-order valence-electron chi connectivity index (χ3n) is 4.18. The number of rotatable bonds is 9. The second-order valence-electron chi connectivity index (χ2n) is 6.17. The Balaban J connectivity index is 2.39. The van der Waals surface area contributed by atoms with Gasteiger partial charge in [-0.15, -0.1) is 0 Å². The van der Waals surface area contributed by atoms with Crippen LogP contribution in [0, 0.1) is 5.82 Å². The average molecular weight is 443 g/mol. The highest BCUT2D eigenvalue weighted by molar-refractivity contribution is 7.89. The molecule has 2 aromatic rings. The van der Waals surface area contributed by atoms with Crippen LogP contribution < -0.4 is 10.1 Å². The largest absolute Gasteiger partial charge is 0.491 e. The van der Waals surface area contributed by atoms with Crippen molar-refractivity contribution in [2.45, 2.75) is 32.1 Å². The molecule has 0 bridgehead atoms. The third-order valence-corrected chi connectivity index (χ3v) is 6.46. The maximum atomic E-state index is 14.3. The first kappa shape index (κ1) is 23.1. The van der Waals surface area contributed by atoms with Gasteiger partial charge in [0.2, 0.25) is 10.0 Å². The predicted octanol–water partition coefficient (Wildman–Crippen LogP) is 4.55. The van der Waals surface area contributed by atoms with Gasteiger partial charge in [-0.3, -0.25) is 4.79 Å². The Morgan fingerprint density at radius 2 is 1.83 bits per heavy atom. The van der Waals surface area contributed by atoms with Gasteiger partial charge in [0.25, 0.3) is 5.91 Å². The number of anilines is 1. The highest BCUT2D eigenvalue weighted by Gasteiger charge is 2.24. The summed E-state index contributed by atoms with van der Waals surface area (Å²) in [6.07, 6.45) is 0.760. The summed E-state index contributed by atoms with van der Waals surface area (Å²) in [5.41, 5.74) is -0.119. The van der Waals surface area contributed by atoms with Crippen LogP contribution in [0.3, 0.4) is 0 Å². The molecule has 158 valence electrons. The minimum absolute atomic E-state index is 0.152. The lowest BCUT2D eigenvalue weighted by atomic mass is 10.2. The maximum absolute atomic E-state index is 14.3. The molecule has 0 aliphatic heterocycles. The number of ether oxygens (including phenoxy) is 1. The van der Waals surface area contributed by atoms with E-state index in [1.165, 1.54) is 10.4 Å². The van der Waals surface area contributed by atoms with Gasteiger partial charge in [0, 0.05) is 18.1 Å². The molecule has 0 unspecified atom stereocenters. The summed E-state index contributed by atoms with van der Waals surface area (Å²) in [4.78, 5) is 12.6. The molecule has 0 saturated carbocycles. The number of carbonyl (C=O) groups excluding carboxylic acids is 1. The normalized spacial score (nSPS) is 11.5. The summed E-state index contributed by atoms with van der Waals surface area (Å²) in [7, 11) is -3.83. The van der Waals surface area contributed by atoms with Gasteiger partial charge in [-0.25, -0.2) is 12.8 Å². The van der Waals surface area contributed by atoms with Gasteiger partial charge in [-0.1, -0.05) is 32.4 Å². The van der Waals surface area contributed by atoms with Gasteiger partial charge in [0.05, 0.1) is 22.8 Å². The molecule has 0 aliphatic rings. The van der Waals surface area contributed by atoms with E-state index in [1.807, 2.05) is 6.92 Å². The quantitative estimate of drug-likeness (QED) is 0.618. The van der Waals surface area contributed by atoms with Crippen LogP contribution in [0.5, 0.6) is 5.75 Å². The number of sulfonamides is 1. The first-order valence-corrected chi connectivity index (χ1v) is 11.1. The van der Waals surface area contributed by atoms with Gasteiger partial charge in [0.15, 0.2) is 0 Å². The van der Waals surface area contributed by atoms with E-state index in [4.69, 9.17) is 16.3 Å². The molecule has 9 heteroatoms. The van der Waals surface area contributed by atoms with Gasteiger partial charge in [-0.2, -0.15) is 4.31 Å². The molecule has 0 saturated heterocycles. The minimum Gasteiger partial charge on any atom is -0.491 e. The van der Waals surface area contributed by atoms with Crippen LogP contribution in [0.25, 0.3) is 0 Å². The Kier molecular flexibility index (Phi) is 8.01. The molecule has 0 heterocycles. The van der Waals surface area contributed by atoms with Crippen molar-refractivity contribution in [3.05, 3.63) is 52.8 Å². The second kappa shape index (κ2) is 10.0. The number of benzene rings is 2. The van der Waals surface area contributed by atoms with E-state index in [9.17, 15) is 17.6 Å². The maximum Gasteiger partial charge on any atom is 0.258 e. The molecule has 2 aromatic carbocycles. The third kappa shape index (κ3) is 5.46.